The summed E-state index contributed by atoms with van der Waals surface area (Å²) in [6.07, 6.45) is -0.668. The highest BCUT2D eigenvalue weighted by Crippen LogP contribution is 2.14. The molecule has 2 saturated heterocycles. The average molecular weight is 440 g/mol. The van der Waals surface area contributed by atoms with Crippen LogP contribution in [0.4, 0.5) is 4.39 Å². The van der Waals surface area contributed by atoms with Crippen molar-refractivity contribution in [3.8, 4) is 0 Å². The van der Waals surface area contributed by atoms with E-state index in [1.807, 2.05) is 0 Å². The van der Waals surface area contributed by atoms with Crippen LogP contribution in [0.15, 0.2) is 24.3 Å². The van der Waals surface area contributed by atoms with Crippen molar-refractivity contribution < 1.29 is 28.5 Å². The molecule has 8 nitrogen and oxygen atoms in total. The van der Waals surface area contributed by atoms with E-state index in [9.17, 15) is 14.3 Å². The Bertz CT molecular complexity index is 689. The number of hydrogen-bond donors (Lipinski definition) is 1. The molecular weight excluding hydrogens is 405 g/mol. The fourth-order valence-electron chi connectivity index (χ4n) is 4.02. The predicted molar refractivity (Wildman–Crippen MR) is 114 cm³/mol. The Kier molecular flexibility index (Phi) is 9.63. The number of halogens is 1. The number of methoxy groups -OCH3 is 1. The molecule has 2 atom stereocenters. The van der Waals surface area contributed by atoms with Gasteiger partial charge in [-0.15, -0.1) is 0 Å². The number of rotatable bonds is 10. The molecule has 9 heteroatoms. The van der Waals surface area contributed by atoms with E-state index in [0.29, 0.717) is 59.2 Å². The van der Waals surface area contributed by atoms with Gasteiger partial charge in [0.15, 0.2) is 0 Å². The first kappa shape index (κ1) is 24.0. The van der Waals surface area contributed by atoms with E-state index >= 15 is 0 Å². The first-order valence-corrected chi connectivity index (χ1v) is 10.9. The number of nitrogens with zero attached hydrogens (tertiary/aromatic N) is 3. The van der Waals surface area contributed by atoms with Gasteiger partial charge in [0.1, 0.15) is 5.82 Å². The summed E-state index contributed by atoms with van der Waals surface area (Å²) in [7, 11) is 1.57. The number of hydrogen-bond acceptors (Lipinski definition) is 7. The maximum Gasteiger partial charge on any atom is 0.256 e. The van der Waals surface area contributed by atoms with Crippen molar-refractivity contribution in [2.45, 2.75) is 12.2 Å². The topological polar surface area (TPSA) is 74.7 Å². The molecule has 2 heterocycles. The van der Waals surface area contributed by atoms with Crippen molar-refractivity contribution in [2.75, 3.05) is 85.9 Å². The maximum absolute atomic E-state index is 14.1. The Hall–Kier alpha value is -1.62. The summed E-state index contributed by atoms with van der Waals surface area (Å²) in [4.78, 5) is 18.9. The Labute approximate surface area is 183 Å². The summed E-state index contributed by atoms with van der Waals surface area (Å²) in [5.74, 6) is -0.907. The highest BCUT2D eigenvalue weighted by molar-refractivity contribution is 5.94. The Morgan fingerprint density at radius 2 is 1.94 bits per heavy atom. The van der Waals surface area contributed by atoms with Crippen molar-refractivity contribution >= 4 is 5.91 Å². The monoisotopic (exact) mass is 439 g/mol. The SMILES string of the molecule is COCCN(C[C@@H]1CN(C[C@@H](O)CN2CCOCC2)CCO1)C(=O)c1ccccc1F. The minimum Gasteiger partial charge on any atom is -0.390 e. The van der Waals surface area contributed by atoms with Crippen LogP contribution in [0.2, 0.25) is 0 Å². The van der Waals surface area contributed by atoms with Gasteiger partial charge in [0.25, 0.3) is 5.91 Å². The molecule has 2 aliphatic rings. The van der Waals surface area contributed by atoms with Crippen LogP contribution >= 0.6 is 0 Å². The average Bonchev–Trinajstić information content (AvgIpc) is 2.77. The molecule has 2 fully saturated rings. The zero-order valence-corrected chi connectivity index (χ0v) is 18.2. The van der Waals surface area contributed by atoms with Gasteiger partial charge in [0, 0.05) is 59.5 Å². The number of carbonyl (C=O) groups is 1. The molecule has 0 bridgehead atoms. The minimum absolute atomic E-state index is 0.0483. The van der Waals surface area contributed by atoms with Crippen LogP contribution in [-0.4, -0.2) is 124 Å². The molecule has 1 amide bonds. The van der Waals surface area contributed by atoms with Crippen LogP contribution in [-0.2, 0) is 14.2 Å². The summed E-state index contributed by atoms with van der Waals surface area (Å²) in [6, 6.07) is 6.00. The molecule has 0 aromatic heterocycles. The summed E-state index contributed by atoms with van der Waals surface area (Å²) < 4.78 is 30.5. The van der Waals surface area contributed by atoms with Crippen molar-refractivity contribution in [1.82, 2.24) is 14.7 Å². The van der Waals surface area contributed by atoms with Gasteiger partial charge in [-0.05, 0) is 12.1 Å². The van der Waals surface area contributed by atoms with E-state index in [-0.39, 0.29) is 17.6 Å². The summed E-state index contributed by atoms with van der Waals surface area (Å²) >= 11 is 0. The first-order chi connectivity index (χ1) is 15.1. The summed E-state index contributed by atoms with van der Waals surface area (Å²) in [5.41, 5.74) is 0.0483. The second-order valence-corrected chi connectivity index (χ2v) is 8.04. The smallest absolute Gasteiger partial charge is 0.256 e. The third-order valence-corrected chi connectivity index (χ3v) is 5.65. The fraction of sp³-hybridized carbons (Fsp3) is 0.682. The van der Waals surface area contributed by atoms with E-state index in [0.717, 1.165) is 19.6 Å². The van der Waals surface area contributed by atoms with E-state index in [2.05, 4.69) is 9.80 Å². The number of amides is 1. The third-order valence-electron chi connectivity index (χ3n) is 5.65. The molecule has 174 valence electrons. The van der Waals surface area contributed by atoms with Gasteiger partial charge >= 0.3 is 0 Å². The lowest BCUT2D eigenvalue weighted by Gasteiger charge is -2.37. The number of carbonyl (C=O) groups excluding carboxylic acids is 1. The van der Waals surface area contributed by atoms with Crippen LogP contribution < -0.4 is 0 Å². The standard InChI is InChI=1S/C22H34FN3O5/c1-29-10-9-26(22(28)20-4-2-3-5-21(20)23)17-19-16-25(8-13-31-19)15-18(27)14-24-6-11-30-12-7-24/h2-5,18-19,27H,6-17H2,1H3/t18-,19-/m0/s1. The largest absolute Gasteiger partial charge is 0.390 e. The predicted octanol–water partition coefficient (Wildman–Crippen LogP) is 0.308. The number of aliphatic hydroxyl groups excluding tert-OH is 1. The fourth-order valence-corrected chi connectivity index (χ4v) is 4.02. The molecule has 0 spiro atoms. The zero-order valence-electron chi connectivity index (χ0n) is 18.2. The van der Waals surface area contributed by atoms with Crippen molar-refractivity contribution in [3.05, 3.63) is 35.6 Å². The lowest BCUT2D eigenvalue weighted by Crippen LogP contribution is -2.52. The normalized spacial score (nSPS) is 21.7. The van der Waals surface area contributed by atoms with Gasteiger partial charge < -0.3 is 24.2 Å². The van der Waals surface area contributed by atoms with E-state index in [4.69, 9.17) is 14.2 Å². The number of morpholine rings is 2. The van der Waals surface area contributed by atoms with Crippen LogP contribution in [0, 0.1) is 5.82 Å². The van der Waals surface area contributed by atoms with Gasteiger partial charge in [0.2, 0.25) is 0 Å². The molecule has 1 aromatic carbocycles. The van der Waals surface area contributed by atoms with Crippen molar-refractivity contribution in [1.29, 1.82) is 0 Å². The van der Waals surface area contributed by atoms with Crippen molar-refractivity contribution in [2.24, 2.45) is 0 Å². The highest BCUT2D eigenvalue weighted by Gasteiger charge is 2.28. The number of benzene rings is 1. The second-order valence-electron chi connectivity index (χ2n) is 8.04. The molecule has 0 aliphatic carbocycles. The molecule has 0 unspecified atom stereocenters. The van der Waals surface area contributed by atoms with E-state index in [1.165, 1.54) is 12.1 Å². The molecule has 2 aliphatic heterocycles. The van der Waals surface area contributed by atoms with Crippen LogP contribution in [0.1, 0.15) is 10.4 Å². The number of ether oxygens (including phenoxy) is 3. The summed E-state index contributed by atoms with van der Waals surface area (Å²) in [5, 5.41) is 10.5. The molecule has 1 aromatic rings. The Morgan fingerprint density at radius 3 is 2.68 bits per heavy atom. The molecule has 31 heavy (non-hydrogen) atoms. The first-order valence-electron chi connectivity index (χ1n) is 10.9. The van der Waals surface area contributed by atoms with E-state index < -0.39 is 11.9 Å². The molecular formula is C22H34FN3O5. The Morgan fingerprint density at radius 1 is 1.23 bits per heavy atom. The van der Waals surface area contributed by atoms with Gasteiger partial charge in [-0.3, -0.25) is 14.6 Å². The van der Waals surface area contributed by atoms with Gasteiger partial charge in [0.05, 0.1) is 44.2 Å². The molecule has 1 N–H and O–H groups in total. The highest BCUT2D eigenvalue weighted by atomic mass is 19.1. The number of β-amino-alcohol motifs (C(OH)–C–C–N with tert-alkyl or cyclic N) is 1. The lowest BCUT2D eigenvalue weighted by molar-refractivity contribution is -0.0564. The maximum atomic E-state index is 14.1. The van der Waals surface area contributed by atoms with Gasteiger partial charge in [-0.25, -0.2) is 4.39 Å². The Balaban J connectivity index is 1.54. The van der Waals surface area contributed by atoms with Crippen LogP contribution in [0.5, 0.6) is 0 Å². The lowest BCUT2D eigenvalue weighted by atomic mass is 10.1. The quantitative estimate of drug-likeness (QED) is 0.562. The number of aliphatic hydroxyl groups is 1. The molecule has 0 saturated carbocycles. The minimum atomic E-state index is -0.535. The zero-order chi connectivity index (χ0) is 22.1. The van der Waals surface area contributed by atoms with Gasteiger partial charge in [-0.2, -0.15) is 0 Å². The van der Waals surface area contributed by atoms with E-state index in [1.54, 1.807) is 24.1 Å². The third kappa shape index (κ3) is 7.48. The molecule has 0 radical (unpaired) electrons. The van der Waals surface area contributed by atoms with Crippen LogP contribution in [0.3, 0.4) is 0 Å². The van der Waals surface area contributed by atoms with Crippen LogP contribution in [0.25, 0.3) is 0 Å². The van der Waals surface area contributed by atoms with Crippen molar-refractivity contribution in [3.63, 3.8) is 0 Å². The second kappa shape index (κ2) is 12.4. The van der Waals surface area contributed by atoms with Gasteiger partial charge in [-0.1, -0.05) is 12.1 Å². The molecule has 3 rings (SSSR count). The summed E-state index contributed by atoms with van der Waals surface area (Å²) in [6.45, 7) is 7.19.